The monoisotopic (exact) mass is 555 g/mol. The normalized spacial score (nSPS) is 13.1. The lowest BCUT2D eigenvalue weighted by Crippen LogP contribution is -2.34. The van der Waals surface area contributed by atoms with E-state index in [1.165, 1.54) is 10.2 Å². The van der Waals surface area contributed by atoms with Crippen LogP contribution in [0.4, 0.5) is 5.69 Å². The number of nitro groups is 1. The molecule has 0 aliphatic carbocycles. The Labute approximate surface area is 233 Å². The average Bonchev–Trinajstić information content (AvgIpc) is 3.36. The molecule has 0 saturated carbocycles. The van der Waals surface area contributed by atoms with Crippen molar-refractivity contribution in [2.24, 2.45) is 0 Å². The molecule has 4 aromatic carbocycles. The molecule has 40 heavy (non-hydrogen) atoms. The first kappa shape index (κ1) is 27.0. The molecule has 0 radical (unpaired) electrons. The van der Waals surface area contributed by atoms with E-state index >= 15 is 0 Å². The molecule has 5 rings (SSSR count). The van der Waals surface area contributed by atoms with Crippen LogP contribution >= 0.6 is 0 Å². The lowest BCUT2D eigenvalue weighted by Gasteiger charge is -2.23. The first-order valence-electron chi connectivity index (χ1n) is 12.8. The summed E-state index contributed by atoms with van der Waals surface area (Å²) in [6.45, 7) is 1.89. The number of methoxy groups -OCH3 is 1. The highest BCUT2D eigenvalue weighted by atomic mass is 32.2. The van der Waals surface area contributed by atoms with Gasteiger partial charge in [0.25, 0.3) is 10.0 Å². The van der Waals surface area contributed by atoms with E-state index in [-0.39, 0.29) is 16.2 Å². The SMILES string of the molecule is COc1ccc(N[C@@H](c2cn(S(=O)(=O)c3ccc(C)cc3)c3ccccc23)[C@@H](Cc2ccccc2)[N+](=O)[O-])cc1. The van der Waals surface area contributed by atoms with Gasteiger partial charge in [0, 0.05) is 34.2 Å². The van der Waals surface area contributed by atoms with Crippen molar-refractivity contribution in [2.45, 2.75) is 30.3 Å². The Bertz CT molecular complexity index is 1730. The molecule has 0 amide bonds. The van der Waals surface area contributed by atoms with Crippen LogP contribution in [-0.4, -0.2) is 30.5 Å². The van der Waals surface area contributed by atoms with Crippen LogP contribution < -0.4 is 10.1 Å². The van der Waals surface area contributed by atoms with Crippen molar-refractivity contribution < 1.29 is 18.1 Å². The van der Waals surface area contributed by atoms with E-state index < -0.39 is 22.1 Å². The van der Waals surface area contributed by atoms with Crippen LogP contribution in [0.15, 0.2) is 114 Å². The fourth-order valence-electron chi connectivity index (χ4n) is 4.86. The highest BCUT2D eigenvalue weighted by molar-refractivity contribution is 7.90. The molecule has 0 aliphatic rings. The number of para-hydroxylation sites is 1. The van der Waals surface area contributed by atoms with Gasteiger partial charge < -0.3 is 10.1 Å². The Kier molecular flexibility index (Phi) is 7.57. The summed E-state index contributed by atoms with van der Waals surface area (Å²) in [5.41, 5.74) is 3.35. The lowest BCUT2D eigenvalue weighted by atomic mass is 9.93. The van der Waals surface area contributed by atoms with Crippen molar-refractivity contribution >= 4 is 26.6 Å². The summed E-state index contributed by atoms with van der Waals surface area (Å²) in [7, 11) is -2.41. The quantitative estimate of drug-likeness (QED) is 0.162. The zero-order valence-corrected chi connectivity index (χ0v) is 22.9. The molecule has 0 unspecified atom stereocenters. The smallest absolute Gasteiger partial charge is 0.268 e. The van der Waals surface area contributed by atoms with Gasteiger partial charge in [-0.05, 0) is 55.0 Å². The van der Waals surface area contributed by atoms with E-state index in [4.69, 9.17) is 4.74 Å². The molecule has 0 fully saturated rings. The minimum Gasteiger partial charge on any atom is -0.497 e. The topological polar surface area (TPSA) is 103 Å². The average molecular weight is 556 g/mol. The summed E-state index contributed by atoms with van der Waals surface area (Å²) in [5, 5.41) is 16.6. The predicted octanol–water partition coefficient (Wildman–Crippen LogP) is 6.24. The molecule has 8 nitrogen and oxygen atoms in total. The fourth-order valence-corrected chi connectivity index (χ4v) is 6.24. The van der Waals surface area contributed by atoms with Crippen LogP contribution in [0, 0.1) is 17.0 Å². The summed E-state index contributed by atoms with van der Waals surface area (Å²) < 4.78 is 34.1. The fraction of sp³-hybridized carbons (Fsp3) is 0.161. The van der Waals surface area contributed by atoms with Gasteiger partial charge in [-0.25, -0.2) is 12.4 Å². The summed E-state index contributed by atoms with van der Waals surface area (Å²) in [6, 6.07) is 28.1. The third-order valence-corrected chi connectivity index (χ3v) is 8.66. The molecule has 1 aromatic heterocycles. The molecular weight excluding hydrogens is 526 g/mol. The second-order valence-corrected chi connectivity index (χ2v) is 11.4. The number of anilines is 1. The number of aryl methyl sites for hydroxylation is 1. The molecule has 2 atom stereocenters. The van der Waals surface area contributed by atoms with Crippen molar-refractivity contribution in [3.05, 3.63) is 136 Å². The van der Waals surface area contributed by atoms with Crippen LogP contribution in [0.5, 0.6) is 5.75 Å². The lowest BCUT2D eigenvalue weighted by molar-refractivity contribution is -0.525. The van der Waals surface area contributed by atoms with Gasteiger partial charge in [-0.1, -0.05) is 66.2 Å². The first-order chi connectivity index (χ1) is 19.3. The third kappa shape index (κ3) is 5.41. The number of hydrogen-bond donors (Lipinski definition) is 1. The van der Waals surface area contributed by atoms with Gasteiger partial charge in [0.05, 0.1) is 17.5 Å². The Hall–Kier alpha value is -4.63. The zero-order valence-electron chi connectivity index (χ0n) is 22.1. The third-order valence-electron chi connectivity index (χ3n) is 6.98. The number of fused-ring (bicyclic) bond motifs is 1. The summed E-state index contributed by atoms with van der Waals surface area (Å²) in [6.07, 6.45) is 1.66. The second kappa shape index (κ2) is 11.2. The second-order valence-electron chi connectivity index (χ2n) is 9.61. The number of rotatable bonds is 10. The summed E-state index contributed by atoms with van der Waals surface area (Å²) in [4.78, 5) is 12.5. The van der Waals surface area contributed by atoms with E-state index in [2.05, 4.69) is 5.32 Å². The van der Waals surface area contributed by atoms with E-state index in [0.29, 0.717) is 27.9 Å². The maximum Gasteiger partial charge on any atom is 0.268 e. The van der Waals surface area contributed by atoms with Crippen LogP contribution in [0.2, 0.25) is 0 Å². The summed E-state index contributed by atoms with van der Waals surface area (Å²) >= 11 is 0. The number of ether oxygens (including phenoxy) is 1. The molecule has 204 valence electrons. The van der Waals surface area contributed by atoms with Gasteiger partial charge in [0.15, 0.2) is 0 Å². The largest absolute Gasteiger partial charge is 0.497 e. The molecule has 1 heterocycles. The minimum atomic E-state index is -3.98. The van der Waals surface area contributed by atoms with Crippen LogP contribution in [-0.2, 0) is 16.4 Å². The molecule has 0 bridgehead atoms. The molecule has 0 aliphatic heterocycles. The van der Waals surface area contributed by atoms with Gasteiger partial charge in [-0.2, -0.15) is 0 Å². The predicted molar refractivity (Wildman–Crippen MR) is 156 cm³/mol. The highest BCUT2D eigenvalue weighted by Crippen LogP contribution is 2.35. The number of nitrogens with zero attached hydrogens (tertiary/aromatic N) is 2. The van der Waals surface area contributed by atoms with Crippen molar-refractivity contribution in [2.75, 3.05) is 12.4 Å². The van der Waals surface area contributed by atoms with E-state index in [1.807, 2.05) is 37.3 Å². The van der Waals surface area contributed by atoms with E-state index in [1.54, 1.807) is 79.9 Å². The van der Waals surface area contributed by atoms with Crippen molar-refractivity contribution in [3.63, 3.8) is 0 Å². The Balaban J connectivity index is 1.68. The van der Waals surface area contributed by atoms with Crippen LogP contribution in [0.3, 0.4) is 0 Å². The standard InChI is InChI=1S/C31H29N3O5S/c1-22-12-18-26(19-13-22)40(37,38)33-21-28(27-10-6-7-11-29(27)33)31(32-24-14-16-25(39-2)17-15-24)30(34(35)36)20-23-8-4-3-5-9-23/h3-19,21,30-32H,20H2,1-2H3/t30-,31+/m1/s1. The number of benzene rings is 4. The van der Waals surface area contributed by atoms with Gasteiger partial charge in [0.2, 0.25) is 6.04 Å². The van der Waals surface area contributed by atoms with Crippen molar-refractivity contribution in [3.8, 4) is 5.75 Å². The molecule has 5 aromatic rings. The van der Waals surface area contributed by atoms with Gasteiger partial charge in [0.1, 0.15) is 11.8 Å². The molecular formula is C31H29N3O5S. The molecule has 0 saturated heterocycles. The Morgan fingerprint density at radius 1 is 0.900 bits per heavy atom. The first-order valence-corrected chi connectivity index (χ1v) is 14.2. The minimum absolute atomic E-state index is 0.139. The van der Waals surface area contributed by atoms with Gasteiger partial charge in [-0.3, -0.25) is 10.1 Å². The Morgan fingerprint density at radius 2 is 1.55 bits per heavy atom. The van der Waals surface area contributed by atoms with E-state index in [9.17, 15) is 18.5 Å². The number of hydrogen-bond acceptors (Lipinski definition) is 6. The molecule has 1 N–H and O–H groups in total. The van der Waals surface area contributed by atoms with Crippen molar-refractivity contribution in [1.82, 2.24) is 3.97 Å². The van der Waals surface area contributed by atoms with Crippen molar-refractivity contribution in [1.29, 1.82) is 0 Å². The number of aromatic nitrogens is 1. The number of nitrogens with one attached hydrogen (secondary N) is 1. The Morgan fingerprint density at radius 3 is 2.20 bits per heavy atom. The molecule has 0 spiro atoms. The summed E-state index contributed by atoms with van der Waals surface area (Å²) in [5.74, 6) is 0.651. The van der Waals surface area contributed by atoms with Crippen LogP contribution in [0.1, 0.15) is 22.7 Å². The molecule has 9 heteroatoms. The van der Waals surface area contributed by atoms with Crippen LogP contribution in [0.25, 0.3) is 10.9 Å². The van der Waals surface area contributed by atoms with E-state index in [0.717, 1.165) is 11.1 Å². The van der Waals surface area contributed by atoms with Gasteiger partial charge in [-0.15, -0.1) is 0 Å². The zero-order chi connectivity index (χ0) is 28.3. The maximum absolute atomic E-state index is 13.8. The highest BCUT2D eigenvalue weighted by Gasteiger charge is 2.36. The van der Waals surface area contributed by atoms with Gasteiger partial charge >= 0.3 is 0 Å². The maximum atomic E-state index is 13.8.